The quantitative estimate of drug-likeness (QED) is 0.607. The van der Waals surface area contributed by atoms with Crippen molar-refractivity contribution >= 4 is 11.8 Å². The van der Waals surface area contributed by atoms with E-state index in [4.69, 9.17) is 4.74 Å². The van der Waals surface area contributed by atoms with Crippen LogP contribution in [-0.2, 0) is 20.7 Å². The molecule has 1 heterocycles. The predicted molar refractivity (Wildman–Crippen MR) is 111 cm³/mol. The molecular weight excluding hydrogens is 384 g/mol. The van der Waals surface area contributed by atoms with E-state index in [0.717, 1.165) is 5.56 Å². The first-order chi connectivity index (χ1) is 14.3. The second kappa shape index (κ2) is 9.24. The average molecular weight is 410 g/mol. The highest BCUT2D eigenvalue weighted by molar-refractivity contribution is 6.09. The minimum atomic E-state index is -1.31. The summed E-state index contributed by atoms with van der Waals surface area (Å²) in [6, 6.07) is 17.9. The smallest absolute Gasteiger partial charge is 0.339 e. The third kappa shape index (κ3) is 4.45. The number of rotatable bonds is 7. The van der Waals surface area contributed by atoms with Gasteiger partial charge in [0.1, 0.15) is 0 Å². The Morgan fingerprint density at radius 1 is 0.900 bits per heavy atom. The Bertz CT molecular complexity index is 917. The van der Waals surface area contributed by atoms with Crippen LogP contribution >= 0.6 is 0 Å². The van der Waals surface area contributed by atoms with Gasteiger partial charge in [-0.25, -0.2) is 4.79 Å². The molecule has 30 heavy (non-hydrogen) atoms. The van der Waals surface area contributed by atoms with E-state index in [-0.39, 0.29) is 5.57 Å². The van der Waals surface area contributed by atoms with Gasteiger partial charge in [0.25, 0.3) is 0 Å². The third-order valence-electron chi connectivity index (χ3n) is 5.48. The number of carbonyl (C=O) groups excluding carboxylic acids is 2. The van der Waals surface area contributed by atoms with E-state index in [0.29, 0.717) is 12.0 Å². The van der Waals surface area contributed by atoms with Gasteiger partial charge in [-0.05, 0) is 31.4 Å². The lowest BCUT2D eigenvalue weighted by Crippen LogP contribution is -2.46. The van der Waals surface area contributed by atoms with Crippen molar-refractivity contribution in [2.75, 3.05) is 0 Å². The molecule has 6 heteroatoms. The fourth-order valence-corrected chi connectivity index (χ4v) is 3.92. The van der Waals surface area contributed by atoms with Gasteiger partial charge >= 0.3 is 5.97 Å². The minimum Gasteiger partial charge on any atom is -0.504 e. The molecule has 1 aliphatic heterocycles. The van der Waals surface area contributed by atoms with Crippen LogP contribution < -0.4 is 0 Å². The van der Waals surface area contributed by atoms with Crippen LogP contribution in [0.5, 0.6) is 0 Å². The lowest BCUT2D eigenvalue weighted by atomic mass is 9.81. The van der Waals surface area contributed by atoms with Gasteiger partial charge in [-0.15, -0.1) is 0 Å². The van der Waals surface area contributed by atoms with Crippen molar-refractivity contribution in [3.8, 4) is 0 Å². The van der Waals surface area contributed by atoms with Crippen LogP contribution in [-0.4, -0.2) is 45.4 Å². The molecule has 0 saturated carbocycles. The summed E-state index contributed by atoms with van der Waals surface area (Å²) in [5.41, 5.74) is 1.18. The summed E-state index contributed by atoms with van der Waals surface area (Å²) >= 11 is 0. The van der Waals surface area contributed by atoms with Gasteiger partial charge in [-0.3, -0.25) is 4.79 Å². The Morgan fingerprint density at radius 2 is 1.47 bits per heavy atom. The molecule has 0 fully saturated rings. The van der Waals surface area contributed by atoms with Crippen molar-refractivity contribution in [1.82, 2.24) is 0 Å². The third-order valence-corrected chi connectivity index (χ3v) is 5.48. The lowest BCUT2D eigenvalue weighted by molar-refractivity contribution is -0.161. The van der Waals surface area contributed by atoms with Gasteiger partial charge in [0, 0.05) is 11.8 Å². The second-order valence-corrected chi connectivity index (χ2v) is 7.68. The first kappa shape index (κ1) is 21.7. The van der Waals surface area contributed by atoms with Crippen molar-refractivity contribution in [2.24, 2.45) is 5.92 Å². The number of aliphatic hydroxyl groups excluding tert-OH is 3. The number of cyclic esters (lactones) is 1. The first-order valence-electron chi connectivity index (χ1n) is 9.94. The molecule has 0 spiro atoms. The summed E-state index contributed by atoms with van der Waals surface area (Å²) in [4.78, 5) is 25.9. The van der Waals surface area contributed by atoms with E-state index in [1.54, 1.807) is 30.3 Å². The maximum Gasteiger partial charge on any atom is 0.339 e. The molecule has 158 valence electrons. The van der Waals surface area contributed by atoms with Crippen LogP contribution in [0.1, 0.15) is 30.9 Å². The first-order valence-corrected chi connectivity index (χ1v) is 9.94. The number of carbonyl (C=O) groups is 2. The highest BCUT2D eigenvalue weighted by Crippen LogP contribution is 2.36. The molecule has 2 aromatic carbocycles. The molecule has 5 unspecified atom stereocenters. The summed E-state index contributed by atoms with van der Waals surface area (Å²) in [5, 5.41) is 31.3. The van der Waals surface area contributed by atoms with Gasteiger partial charge in [0.2, 0.25) is 5.78 Å². The highest BCUT2D eigenvalue weighted by Gasteiger charge is 2.45. The maximum atomic E-state index is 13.0. The second-order valence-electron chi connectivity index (χ2n) is 7.68. The Hall–Kier alpha value is -2.96. The maximum absolute atomic E-state index is 13.0. The molecule has 0 amide bonds. The summed E-state index contributed by atoms with van der Waals surface area (Å²) in [5.74, 6) is -4.00. The SMILES string of the molecule is CC(O)C(C1=C(O)C(=O)C(C(Cc2ccccc2)C(C)O)OC1=O)c1ccccc1. The van der Waals surface area contributed by atoms with Crippen LogP contribution in [0.3, 0.4) is 0 Å². The number of ether oxygens (including phenoxy) is 1. The van der Waals surface area contributed by atoms with Crippen LogP contribution in [0.2, 0.25) is 0 Å². The number of esters is 1. The van der Waals surface area contributed by atoms with Crippen molar-refractivity contribution < 1.29 is 29.6 Å². The van der Waals surface area contributed by atoms with Gasteiger partial charge in [0.15, 0.2) is 11.9 Å². The Labute approximate surface area is 175 Å². The molecule has 1 aliphatic rings. The number of Topliss-reactive ketones (excluding diaryl/α,β-unsaturated/α-hetero) is 1. The number of ketones is 1. The van der Waals surface area contributed by atoms with Crippen molar-refractivity contribution in [2.45, 2.75) is 44.5 Å². The van der Waals surface area contributed by atoms with Crippen LogP contribution in [0.25, 0.3) is 0 Å². The highest BCUT2D eigenvalue weighted by atomic mass is 16.6. The van der Waals surface area contributed by atoms with E-state index < -0.39 is 47.7 Å². The number of hydrogen-bond donors (Lipinski definition) is 3. The topological polar surface area (TPSA) is 104 Å². The summed E-state index contributed by atoms with van der Waals surface area (Å²) in [7, 11) is 0. The molecule has 5 atom stereocenters. The van der Waals surface area contributed by atoms with Crippen LogP contribution in [0, 0.1) is 5.92 Å². The fraction of sp³-hybridized carbons (Fsp3) is 0.333. The van der Waals surface area contributed by atoms with Gasteiger partial charge in [0.05, 0.1) is 17.8 Å². The van der Waals surface area contributed by atoms with E-state index in [2.05, 4.69) is 0 Å². The van der Waals surface area contributed by atoms with Crippen molar-refractivity contribution in [3.05, 3.63) is 83.1 Å². The van der Waals surface area contributed by atoms with E-state index in [1.165, 1.54) is 13.8 Å². The molecule has 0 aliphatic carbocycles. The van der Waals surface area contributed by atoms with E-state index in [1.807, 2.05) is 30.3 Å². The van der Waals surface area contributed by atoms with E-state index >= 15 is 0 Å². The zero-order valence-corrected chi connectivity index (χ0v) is 16.9. The van der Waals surface area contributed by atoms with Crippen LogP contribution in [0.4, 0.5) is 0 Å². The van der Waals surface area contributed by atoms with E-state index in [9.17, 15) is 24.9 Å². The molecule has 3 N–H and O–H groups in total. The zero-order valence-electron chi connectivity index (χ0n) is 16.9. The van der Waals surface area contributed by atoms with Gasteiger partial charge < -0.3 is 20.1 Å². The largest absolute Gasteiger partial charge is 0.504 e. The Kier molecular flexibility index (Phi) is 6.70. The predicted octanol–water partition coefficient (Wildman–Crippen LogP) is 2.70. The van der Waals surface area contributed by atoms with Crippen LogP contribution in [0.15, 0.2) is 72.0 Å². The van der Waals surface area contributed by atoms with Crippen molar-refractivity contribution in [3.63, 3.8) is 0 Å². The molecular formula is C24H26O6. The number of aliphatic hydroxyl groups is 3. The van der Waals surface area contributed by atoms with Gasteiger partial charge in [-0.2, -0.15) is 0 Å². The van der Waals surface area contributed by atoms with Gasteiger partial charge in [-0.1, -0.05) is 60.7 Å². The molecule has 0 aromatic heterocycles. The molecule has 2 aromatic rings. The molecule has 0 radical (unpaired) electrons. The Morgan fingerprint density at radius 3 is 2.00 bits per heavy atom. The summed E-state index contributed by atoms with van der Waals surface area (Å²) in [6.07, 6.45) is -3.02. The normalized spacial score (nSPS) is 21.0. The number of benzene rings is 2. The minimum absolute atomic E-state index is 0.262. The molecule has 0 saturated heterocycles. The zero-order chi connectivity index (χ0) is 21.8. The standard InChI is InChI=1S/C24H26O6/c1-14(25)18(13-16-9-5-3-6-10-16)23-22(28)21(27)20(24(29)30-23)19(15(2)26)17-11-7-4-8-12-17/h3-12,14-15,18-19,23,25-27H,13H2,1-2H3. The summed E-state index contributed by atoms with van der Waals surface area (Å²) < 4.78 is 5.45. The van der Waals surface area contributed by atoms with Crippen molar-refractivity contribution in [1.29, 1.82) is 0 Å². The monoisotopic (exact) mass is 410 g/mol. The Balaban J connectivity index is 1.97. The molecule has 0 bridgehead atoms. The fourth-order valence-electron chi connectivity index (χ4n) is 3.92. The number of hydrogen-bond acceptors (Lipinski definition) is 6. The molecule has 6 nitrogen and oxygen atoms in total. The lowest BCUT2D eigenvalue weighted by Gasteiger charge is -2.33. The molecule has 3 rings (SSSR count). The summed E-state index contributed by atoms with van der Waals surface area (Å²) in [6.45, 7) is 3.00. The average Bonchev–Trinajstić information content (AvgIpc) is 2.73.